The molecule has 4 aliphatic carbocycles. The van der Waals surface area contributed by atoms with Gasteiger partial charge in [0, 0.05) is 0 Å². The SMILES string of the molecule is C[Si](C)=[Hf]([C]1=CC=CC1)[C]1=CC=CC1.C[Si](C)=[Hf]([C]1=CC=CC1)[C]1=CC=CC1.Cl.Cl. The maximum absolute atomic E-state index is 2.52. The van der Waals surface area contributed by atoms with Crippen LogP contribution in [0.4, 0.5) is 0 Å². The molecular formula is C24H34Cl2Hf2Si2. The van der Waals surface area contributed by atoms with Crippen LogP contribution in [0.15, 0.2) is 86.2 Å². The van der Waals surface area contributed by atoms with Gasteiger partial charge in [0.25, 0.3) is 0 Å². The van der Waals surface area contributed by atoms with Gasteiger partial charge in [0.1, 0.15) is 0 Å². The molecule has 0 aromatic carbocycles. The second-order valence-corrected chi connectivity index (χ2v) is 56.4. The Balaban J connectivity index is 0.000000281. The zero-order valence-electron chi connectivity index (χ0n) is 18.6. The van der Waals surface area contributed by atoms with Gasteiger partial charge in [0.2, 0.25) is 0 Å². The van der Waals surface area contributed by atoms with Crippen molar-refractivity contribution in [2.45, 2.75) is 51.9 Å². The van der Waals surface area contributed by atoms with Crippen molar-refractivity contribution in [1.82, 2.24) is 0 Å². The van der Waals surface area contributed by atoms with E-state index in [1.165, 1.54) is 25.7 Å². The van der Waals surface area contributed by atoms with Crippen LogP contribution in [0.3, 0.4) is 0 Å². The van der Waals surface area contributed by atoms with Crippen LogP contribution in [-0.4, -0.2) is 11.0 Å². The largest absolute Gasteiger partial charge is 0.147 e. The van der Waals surface area contributed by atoms with Crippen LogP contribution in [0.25, 0.3) is 0 Å². The van der Waals surface area contributed by atoms with Gasteiger partial charge in [-0.15, -0.1) is 24.8 Å². The van der Waals surface area contributed by atoms with Crippen LogP contribution in [-0.2, 0) is 40.1 Å². The minimum atomic E-state index is -1.50. The smallest absolute Gasteiger partial charge is 0.147 e. The van der Waals surface area contributed by atoms with E-state index in [1.807, 2.05) is 13.3 Å². The first-order valence-corrected chi connectivity index (χ1v) is 33.3. The molecule has 160 valence electrons. The van der Waals surface area contributed by atoms with E-state index in [0.29, 0.717) is 0 Å². The molecule has 0 heterocycles. The minimum Gasteiger partial charge on any atom is -0.147 e. The average molecular weight is 807 g/mol. The van der Waals surface area contributed by atoms with Gasteiger partial charge in [0.05, 0.1) is 0 Å². The summed E-state index contributed by atoms with van der Waals surface area (Å²) in [5.41, 5.74) is -0.0850. The molecule has 0 aromatic rings. The molecule has 0 atom stereocenters. The van der Waals surface area contributed by atoms with Crippen molar-refractivity contribution in [3.05, 3.63) is 86.2 Å². The van der Waals surface area contributed by atoms with Crippen LogP contribution in [0.1, 0.15) is 25.7 Å². The molecule has 0 radical (unpaired) electrons. The van der Waals surface area contributed by atoms with Crippen LogP contribution >= 0.6 is 24.8 Å². The van der Waals surface area contributed by atoms with Crippen molar-refractivity contribution >= 4 is 35.8 Å². The third-order valence-electron chi connectivity index (χ3n) is 5.37. The molecule has 4 aliphatic rings. The van der Waals surface area contributed by atoms with Gasteiger partial charge in [-0.1, -0.05) is 0 Å². The number of allylic oxidation sites excluding steroid dienone is 16. The molecular weight excluding hydrogens is 772 g/mol. The third kappa shape index (κ3) is 7.91. The van der Waals surface area contributed by atoms with Crippen molar-refractivity contribution in [3.8, 4) is 0 Å². The summed E-state index contributed by atoms with van der Waals surface area (Å²) < 4.78 is 7.40. The van der Waals surface area contributed by atoms with Gasteiger partial charge in [-0.2, -0.15) is 0 Å². The van der Waals surface area contributed by atoms with Gasteiger partial charge >= 0.3 is 189 Å². The van der Waals surface area contributed by atoms with Crippen LogP contribution in [0, 0.1) is 0 Å². The summed E-state index contributed by atoms with van der Waals surface area (Å²) in [6.45, 7) is 10.1. The Morgan fingerprint density at radius 2 is 0.733 bits per heavy atom. The van der Waals surface area contributed by atoms with Gasteiger partial charge in [-0.05, 0) is 0 Å². The van der Waals surface area contributed by atoms with E-state index in [9.17, 15) is 0 Å². The van der Waals surface area contributed by atoms with Gasteiger partial charge in [-0.25, -0.2) is 0 Å². The number of halogens is 2. The van der Waals surface area contributed by atoms with Crippen LogP contribution < -0.4 is 0 Å². The summed E-state index contributed by atoms with van der Waals surface area (Å²) in [4.78, 5) is 0. The van der Waals surface area contributed by atoms with Crippen molar-refractivity contribution in [2.24, 2.45) is 0 Å². The fraction of sp³-hybridized carbons (Fsp3) is 0.333. The standard InChI is InChI=1S/4C5H5.2C2H6Si.2ClH.2Hf/c4*1-2-4-5-3-1;2*1-3-2;;;;/h4*1-3H,4H2;2*1-2H3;2*1H;;. The number of hydrogen-bond donors (Lipinski definition) is 0. The molecule has 0 spiro atoms. The van der Waals surface area contributed by atoms with E-state index >= 15 is 0 Å². The van der Waals surface area contributed by atoms with Gasteiger partial charge in [0.15, 0.2) is 0 Å². The summed E-state index contributed by atoms with van der Waals surface area (Å²) >= 11 is -3.01. The molecule has 30 heavy (non-hydrogen) atoms. The Hall–Kier alpha value is 0.674. The first kappa shape index (κ1) is 28.7. The molecule has 0 aliphatic heterocycles. The Morgan fingerprint density at radius 1 is 0.500 bits per heavy atom. The van der Waals surface area contributed by atoms with Crippen molar-refractivity contribution < 1.29 is 40.1 Å². The summed E-state index contributed by atoms with van der Waals surface area (Å²) in [6.07, 6.45) is 33.1. The minimum absolute atomic E-state index is 0. The van der Waals surface area contributed by atoms with Gasteiger partial charge in [-0.3, -0.25) is 0 Å². The predicted octanol–water partition coefficient (Wildman–Crippen LogP) is 7.93. The fourth-order valence-corrected chi connectivity index (χ4v) is 51.9. The second kappa shape index (κ2) is 14.7. The Morgan fingerprint density at radius 3 is 0.867 bits per heavy atom. The quantitative estimate of drug-likeness (QED) is 0.254. The van der Waals surface area contributed by atoms with E-state index < -0.39 is 40.1 Å². The summed E-state index contributed by atoms with van der Waals surface area (Å²) in [6, 6.07) is 0. The molecule has 0 amide bonds. The van der Waals surface area contributed by atoms with E-state index in [1.54, 1.807) is 0 Å². The van der Waals surface area contributed by atoms with Crippen LogP contribution in [0.2, 0.25) is 26.2 Å². The summed E-state index contributed by atoms with van der Waals surface area (Å²) in [5, 5.41) is 0. The van der Waals surface area contributed by atoms with E-state index in [0.717, 1.165) is 0 Å². The third-order valence-corrected chi connectivity index (χ3v) is 54.0. The number of hydrogen-bond acceptors (Lipinski definition) is 0. The van der Waals surface area contributed by atoms with Gasteiger partial charge < -0.3 is 0 Å². The van der Waals surface area contributed by atoms with E-state index in [-0.39, 0.29) is 35.8 Å². The molecule has 4 rings (SSSR count). The summed E-state index contributed by atoms with van der Waals surface area (Å²) in [5.74, 6) is 0. The van der Waals surface area contributed by atoms with Crippen molar-refractivity contribution in [1.29, 1.82) is 0 Å². The predicted molar refractivity (Wildman–Crippen MR) is 137 cm³/mol. The Labute approximate surface area is 211 Å². The maximum atomic E-state index is 2.52. The summed E-state index contributed by atoms with van der Waals surface area (Å²) in [7, 11) is 0. The molecule has 0 saturated heterocycles. The van der Waals surface area contributed by atoms with Crippen molar-refractivity contribution in [3.63, 3.8) is 0 Å². The molecule has 0 aromatic heterocycles. The molecule has 0 bridgehead atoms. The fourth-order valence-electron chi connectivity index (χ4n) is 4.23. The zero-order valence-corrected chi connectivity index (χ0v) is 29.4. The molecule has 0 fully saturated rings. The molecule has 0 N–H and O–H groups in total. The molecule has 0 nitrogen and oxygen atoms in total. The second-order valence-electron chi connectivity index (χ2n) is 8.05. The van der Waals surface area contributed by atoms with Crippen LogP contribution in [0.5, 0.6) is 0 Å². The monoisotopic (exact) mass is 808 g/mol. The van der Waals surface area contributed by atoms with E-state index in [4.69, 9.17) is 0 Å². The topological polar surface area (TPSA) is 0 Å². The zero-order chi connectivity index (χ0) is 19.9. The Kier molecular flexibility index (Phi) is 14.1. The maximum Gasteiger partial charge on any atom is -0.147 e. The van der Waals surface area contributed by atoms with Crippen molar-refractivity contribution in [2.75, 3.05) is 0 Å². The molecule has 0 saturated carbocycles. The average Bonchev–Trinajstić information content (AvgIpc) is 3.46. The Bertz CT molecular complexity index is 806. The first-order chi connectivity index (χ1) is 13.6. The number of rotatable bonds is 4. The first-order valence-electron chi connectivity index (χ1n) is 10.4. The molecule has 6 heteroatoms. The van der Waals surface area contributed by atoms with E-state index in [2.05, 4.69) is 99.1 Å². The normalized spacial score (nSPS) is 17.2. The molecule has 0 unspecified atom stereocenters.